The highest BCUT2D eigenvalue weighted by atomic mass is 16.5. The first-order valence-corrected chi connectivity index (χ1v) is 10.2. The molecule has 1 atom stereocenters. The standard InChI is InChI=1S/C22H35NO3/c1-19(24)26-22-14-10-16-23(18-22)15-8-6-4-3-5-7-11-20-12-9-13-21(17-20)25-2/h9,12-13,17,22H,3-8,10-11,14-16,18H2,1-2H3. The monoisotopic (exact) mass is 361 g/mol. The molecule has 2 rings (SSSR count). The molecule has 0 radical (unpaired) electrons. The van der Waals surface area contributed by atoms with Crippen LogP contribution in [-0.2, 0) is 16.0 Å². The van der Waals surface area contributed by atoms with Crippen molar-refractivity contribution in [1.82, 2.24) is 4.90 Å². The fraction of sp³-hybridized carbons (Fsp3) is 0.682. The minimum atomic E-state index is -0.147. The van der Waals surface area contributed by atoms with Crippen molar-refractivity contribution in [1.29, 1.82) is 0 Å². The SMILES string of the molecule is COc1cccc(CCCCCCCCN2CCCC(OC(C)=O)C2)c1. The molecule has 1 aliphatic heterocycles. The average Bonchev–Trinajstić information content (AvgIpc) is 2.64. The Morgan fingerprint density at radius 3 is 2.69 bits per heavy atom. The summed E-state index contributed by atoms with van der Waals surface area (Å²) in [5.74, 6) is 0.807. The van der Waals surface area contributed by atoms with Crippen LogP contribution in [0.1, 0.15) is 63.9 Å². The van der Waals surface area contributed by atoms with Crippen molar-refractivity contribution in [3.05, 3.63) is 29.8 Å². The molecule has 0 spiro atoms. The zero-order chi connectivity index (χ0) is 18.6. The molecular formula is C22H35NO3. The van der Waals surface area contributed by atoms with Crippen LogP contribution in [0.2, 0.25) is 0 Å². The maximum Gasteiger partial charge on any atom is 0.302 e. The van der Waals surface area contributed by atoms with E-state index in [0.29, 0.717) is 0 Å². The number of hydrogen-bond acceptors (Lipinski definition) is 4. The maximum absolute atomic E-state index is 11.1. The lowest BCUT2D eigenvalue weighted by Crippen LogP contribution is -2.40. The number of carbonyl (C=O) groups excluding carboxylic acids is 1. The number of aryl methyl sites for hydroxylation is 1. The molecule has 146 valence electrons. The number of rotatable bonds is 11. The number of benzene rings is 1. The van der Waals surface area contributed by atoms with E-state index in [-0.39, 0.29) is 12.1 Å². The van der Waals surface area contributed by atoms with Crippen LogP contribution in [0.5, 0.6) is 5.75 Å². The van der Waals surface area contributed by atoms with E-state index >= 15 is 0 Å². The second-order valence-corrected chi connectivity index (χ2v) is 7.40. The van der Waals surface area contributed by atoms with E-state index in [1.54, 1.807) is 7.11 Å². The van der Waals surface area contributed by atoms with Crippen LogP contribution in [-0.4, -0.2) is 43.7 Å². The quantitative estimate of drug-likeness (QED) is 0.426. The Morgan fingerprint density at radius 1 is 1.15 bits per heavy atom. The Kier molecular flexibility index (Phi) is 9.54. The number of esters is 1. The van der Waals surface area contributed by atoms with Crippen molar-refractivity contribution in [2.75, 3.05) is 26.7 Å². The van der Waals surface area contributed by atoms with E-state index < -0.39 is 0 Å². The maximum atomic E-state index is 11.1. The number of carbonyl (C=O) groups is 1. The lowest BCUT2D eigenvalue weighted by atomic mass is 10.0. The Labute approximate surface area is 158 Å². The Morgan fingerprint density at radius 2 is 1.92 bits per heavy atom. The van der Waals surface area contributed by atoms with E-state index in [1.807, 2.05) is 6.07 Å². The number of likely N-dealkylation sites (tertiary alicyclic amines) is 1. The molecule has 4 nitrogen and oxygen atoms in total. The van der Waals surface area contributed by atoms with Crippen molar-refractivity contribution in [3.63, 3.8) is 0 Å². The molecular weight excluding hydrogens is 326 g/mol. The molecule has 1 aromatic rings. The summed E-state index contributed by atoms with van der Waals surface area (Å²) in [5, 5.41) is 0. The van der Waals surface area contributed by atoms with Gasteiger partial charge in [0.1, 0.15) is 11.9 Å². The van der Waals surface area contributed by atoms with Gasteiger partial charge >= 0.3 is 5.97 Å². The molecule has 1 aliphatic rings. The highest BCUT2D eigenvalue weighted by Crippen LogP contribution is 2.17. The lowest BCUT2D eigenvalue weighted by molar-refractivity contribution is -0.148. The second kappa shape index (κ2) is 11.9. The average molecular weight is 362 g/mol. The fourth-order valence-electron chi connectivity index (χ4n) is 3.75. The molecule has 0 N–H and O–H groups in total. The van der Waals surface area contributed by atoms with Gasteiger partial charge in [0, 0.05) is 13.5 Å². The van der Waals surface area contributed by atoms with Gasteiger partial charge in [-0.05, 0) is 62.9 Å². The third-order valence-electron chi connectivity index (χ3n) is 5.12. The summed E-state index contributed by atoms with van der Waals surface area (Å²) in [5.41, 5.74) is 1.37. The molecule has 1 unspecified atom stereocenters. The topological polar surface area (TPSA) is 38.8 Å². The highest BCUT2D eigenvalue weighted by molar-refractivity contribution is 5.66. The number of hydrogen-bond donors (Lipinski definition) is 0. The van der Waals surface area contributed by atoms with Crippen LogP contribution in [0.15, 0.2) is 24.3 Å². The van der Waals surface area contributed by atoms with Gasteiger partial charge in [0.05, 0.1) is 7.11 Å². The van der Waals surface area contributed by atoms with Gasteiger partial charge in [-0.25, -0.2) is 0 Å². The molecule has 0 aliphatic carbocycles. The Hall–Kier alpha value is -1.55. The van der Waals surface area contributed by atoms with Crippen LogP contribution in [0.25, 0.3) is 0 Å². The normalized spacial score (nSPS) is 17.8. The summed E-state index contributed by atoms with van der Waals surface area (Å²) >= 11 is 0. The van der Waals surface area contributed by atoms with Crippen molar-refractivity contribution >= 4 is 5.97 Å². The number of ether oxygens (including phenoxy) is 2. The second-order valence-electron chi connectivity index (χ2n) is 7.40. The summed E-state index contributed by atoms with van der Waals surface area (Å²) in [6, 6.07) is 8.40. The van der Waals surface area contributed by atoms with E-state index in [0.717, 1.165) is 44.6 Å². The minimum absolute atomic E-state index is 0.109. The molecule has 4 heteroatoms. The van der Waals surface area contributed by atoms with Crippen molar-refractivity contribution in [3.8, 4) is 5.75 Å². The first kappa shape index (κ1) is 20.8. The minimum Gasteiger partial charge on any atom is -0.497 e. The molecule has 1 fully saturated rings. The molecule has 0 amide bonds. The third-order valence-corrected chi connectivity index (χ3v) is 5.12. The molecule has 26 heavy (non-hydrogen) atoms. The van der Waals surface area contributed by atoms with Crippen LogP contribution in [0.3, 0.4) is 0 Å². The van der Waals surface area contributed by atoms with Gasteiger partial charge in [-0.1, -0.05) is 37.8 Å². The van der Waals surface area contributed by atoms with E-state index in [9.17, 15) is 4.79 Å². The van der Waals surface area contributed by atoms with Crippen LogP contribution >= 0.6 is 0 Å². The summed E-state index contributed by atoms with van der Waals surface area (Å²) in [6.07, 6.45) is 11.2. The summed E-state index contributed by atoms with van der Waals surface area (Å²) < 4.78 is 10.6. The number of piperidine rings is 1. The lowest BCUT2D eigenvalue weighted by Gasteiger charge is -2.32. The zero-order valence-corrected chi connectivity index (χ0v) is 16.5. The van der Waals surface area contributed by atoms with Crippen molar-refractivity contribution < 1.29 is 14.3 Å². The molecule has 1 saturated heterocycles. The van der Waals surface area contributed by atoms with Gasteiger partial charge in [-0.15, -0.1) is 0 Å². The van der Waals surface area contributed by atoms with Gasteiger partial charge < -0.3 is 9.47 Å². The predicted octanol–water partition coefficient (Wildman–Crippen LogP) is 4.61. The van der Waals surface area contributed by atoms with Crippen molar-refractivity contribution in [2.45, 2.75) is 70.8 Å². The number of methoxy groups -OCH3 is 1. The number of unbranched alkanes of at least 4 members (excludes halogenated alkanes) is 5. The molecule has 0 bridgehead atoms. The molecule has 0 aromatic heterocycles. The first-order chi connectivity index (χ1) is 12.7. The Bertz CT molecular complexity index is 532. The van der Waals surface area contributed by atoms with E-state index in [4.69, 9.17) is 9.47 Å². The highest BCUT2D eigenvalue weighted by Gasteiger charge is 2.21. The predicted molar refractivity (Wildman–Crippen MR) is 106 cm³/mol. The van der Waals surface area contributed by atoms with Gasteiger partial charge in [-0.2, -0.15) is 0 Å². The fourth-order valence-corrected chi connectivity index (χ4v) is 3.75. The summed E-state index contributed by atoms with van der Waals surface area (Å²) in [4.78, 5) is 13.5. The first-order valence-electron chi connectivity index (χ1n) is 10.2. The summed E-state index contributed by atoms with van der Waals surface area (Å²) in [6.45, 7) is 4.72. The largest absolute Gasteiger partial charge is 0.497 e. The van der Waals surface area contributed by atoms with Crippen LogP contribution in [0.4, 0.5) is 0 Å². The smallest absolute Gasteiger partial charge is 0.302 e. The zero-order valence-electron chi connectivity index (χ0n) is 16.5. The molecule has 1 heterocycles. The van der Waals surface area contributed by atoms with Gasteiger partial charge in [-0.3, -0.25) is 9.69 Å². The van der Waals surface area contributed by atoms with Crippen LogP contribution < -0.4 is 4.74 Å². The molecule has 1 aromatic carbocycles. The van der Waals surface area contributed by atoms with Gasteiger partial charge in [0.2, 0.25) is 0 Å². The number of nitrogens with zero attached hydrogens (tertiary/aromatic N) is 1. The Balaban J connectivity index is 1.47. The molecule has 0 saturated carbocycles. The van der Waals surface area contributed by atoms with E-state index in [2.05, 4.69) is 23.1 Å². The summed E-state index contributed by atoms with van der Waals surface area (Å²) in [7, 11) is 1.72. The van der Waals surface area contributed by atoms with Gasteiger partial charge in [0.15, 0.2) is 0 Å². The van der Waals surface area contributed by atoms with E-state index in [1.165, 1.54) is 51.0 Å². The van der Waals surface area contributed by atoms with Crippen molar-refractivity contribution in [2.24, 2.45) is 0 Å². The van der Waals surface area contributed by atoms with Crippen LogP contribution in [0, 0.1) is 0 Å². The third kappa shape index (κ3) is 8.22. The van der Waals surface area contributed by atoms with Gasteiger partial charge in [0.25, 0.3) is 0 Å².